The van der Waals surface area contributed by atoms with Crippen molar-refractivity contribution >= 4 is 46.4 Å². The van der Waals surface area contributed by atoms with Crippen LogP contribution in [0, 0.1) is 5.92 Å². The number of carbonyl (C=O) groups is 2. The number of aryl methyl sites for hydroxylation is 1. The van der Waals surface area contributed by atoms with E-state index in [0.29, 0.717) is 22.3 Å². The number of anilines is 2. The summed E-state index contributed by atoms with van der Waals surface area (Å²) in [6.45, 7) is 2.44. The zero-order valence-electron chi connectivity index (χ0n) is 13.8. The third-order valence-corrected chi connectivity index (χ3v) is 5.18. The zero-order chi connectivity index (χ0) is 18.0. The van der Waals surface area contributed by atoms with Gasteiger partial charge in [-0.1, -0.05) is 48.3 Å². The topological polar surface area (TPSA) is 49.4 Å². The van der Waals surface area contributed by atoms with E-state index in [9.17, 15) is 9.59 Å². The smallest absolute Gasteiger partial charge is 0.229 e. The minimum atomic E-state index is -0.423. The van der Waals surface area contributed by atoms with Gasteiger partial charge in [0.25, 0.3) is 0 Å². The summed E-state index contributed by atoms with van der Waals surface area (Å²) in [5.74, 6) is -0.708. The number of amides is 2. The fourth-order valence-corrected chi connectivity index (χ4v) is 3.23. The SMILES string of the molecule is CCc1ccc(N2C[C@@H](C(=O)Nc3cccc(Cl)c3Cl)CC2=O)cc1. The Morgan fingerprint density at radius 3 is 2.60 bits per heavy atom. The maximum atomic E-state index is 12.5. The number of halogens is 2. The van der Waals surface area contributed by atoms with E-state index in [2.05, 4.69) is 12.2 Å². The van der Waals surface area contributed by atoms with Crippen molar-refractivity contribution in [2.45, 2.75) is 19.8 Å². The fraction of sp³-hybridized carbons (Fsp3) is 0.263. The number of rotatable bonds is 4. The van der Waals surface area contributed by atoms with Crippen molar-refractivity contribution in [3.63, 3.8) is 0 Å². The van der Waals surface area contributed by atoms with Crippen molar-refractivity contribution in [2.75, 3.05) is 16.8 Å². The normalized spacial score (nSPS) is 17.0. The summed E-state index contributed by atoms with van der Waals surface area (Å²) >= 11 is 12.1. The Labute approximate surface area is 156 Å². The Bertz CT molecular complexity index is 806. The number of nitrogens with zero attached hydrogens (tertiary/aromatic N) is 1. The van der Waals surface area contributed by atoms with Gasteiger partial charge in [-0.25, -0.2) is 0 Å². The van der Waals surface area contributed by atoms with Crippen molar-refractivity contribution in [3.05, 3.63) is 58.1 Å². The van der Waals surface area contributed by atoms with Gasteiger partial charge in [0.2, 0.25) is 11.8 Å². The van der Waals surface area contributed by atoms with Crippen LogP contribution in [0.1, 0.15) is 18.9 Å². The molecule has 1 fully saturated rings. The Kier molecular flexibility index (Phi) is 5.30. The van der Waals surface area contributed by atoms with Crippen LogP contribution in [0.5, 0.6) is 0 Å². The predicted octanol–water partition coefficient (Wildman–Crippen LogP) is 4.55. The molecule has 0 aliphatic carbocycles. The second kappa shape index (κ2) is 7.46. The minimum absolute atomic E-state index is 0.0541. The molecule has 1 aliphatic heterocycles. The lowest BCUT2D eigenvalue weighted by Crippen LogP contribution is -2.28. The number of hydrogen-bond donors (Lipinski definition) is 1. The van der Waals surface area contributed by atoms with E-state index >= 15 is 0 Å². The molecule has 0 saturated carbocycles. The van der Waals surface area contributed by atoms with E-state index in [1.54, 1.807) is 23.1 Å². The summed E-state index contributed by atoms with van der Waals surface area (Å²) in [6.07, 6.45) is 1.12. The highest BCUT2D eigenvalue weighted by Gasteiger charge is 2.35. The molecule has 2 aromatic rings. The standard InChI is InChI=1S/C19H18Cl2N2O2/c1-2-12-6-8-14(9-7-12)23-11-13(10-17(23)24)19(25)22-16-5-3-4-15(20)18(16)21/h3-9,13H,2,10-11H2,1H3,(H,22,25)/t13-/m0/s1. The average Bonchev–Trinajstić information content (AvgIpc) is 3.01. The average molecular weight is 377 g/mol. The van der Waals surface area contributed by atoms with Gasteiger partial charge in [0.15, 0.2) is 0 Å². The highest BCUT2D eigenvalue weighted by atomic mass is 35.5. The van der Waals surface area contributed by atoms with Gasteiger partial charge in [-0.3, -0.25) is 9.59 Å². The van der Waals surface area contributed by atoms with Crippen LogP contribution in [0.15, 0.2) is 42.5 Å². The largest absolute Gasteiger partial charge is 0.324 e. The lowest BCUT2D eigenvalue weighted by molar-refractivity contribution is -0.122. The van der Waals surface area contributed by atoms with E-state index in [1.165, 1.54) is 5.56 Å². The number of carbonyl (C=O) groups excluding carboxylic acids is 2. The summed E-state index contributed by atoms with van der Waals surface area (Å²) in [7, 11) is 0. The Balaban J connectivity index is 1.71. The third-order valence-electron chi connectivity index (χ3n) is 4.36. The van der Waals surface area contributed by atoms with Gasteiger partial charge in [-0.05, 0) is 36.2 Å². The van der Waals surface area contributed by atoms with Crippen LogP contribution in [0.4, 0.5) is 11.4 Å². The maximum Gasteiger partial charge on any atom is 0.229 e. The maximum absolute atomic E-state index is 12.5. The molecule has 0 aromatic heterocycles. The first-order valence-corrected chi connectivity index (χ1v) is 8.89. The van der Waals surface area contributed by atoms with E-state index in [-0.39, 0.29) is 18.2 Å². The molecular formula is C19H18Cl2N2O2. The van der Waals surface area contributed by atoms with Crippen LogP contribution in [0.25, 0.3) is 0 Å². The highest BCUT2D eigenvalue weighted by molar-refractivity contribution is 6.44. The monoisotopic (exact) mass is 376 g/mol. The van der Waals surface area contributed by atoms with E-state index in [1.807, 2.05) is 24.3 Å². The Morgan fingerprint density at radius 2 is 1.92 bits per heavy atom. The molecule has 0 unspecified atom stereocenters. The van der Waals surface area contributed by atoms with Gasteiger partial charge in [-0.15, -0.1) is 0 Å². The van der Waals surface area contributed by atoms with Crippen LogP contribution in [-0.2, 0) is 16.0 Å². The molecule has 1 atom stereocenters. The molecule has 0 radical (unpaired) electrons. The Hall–Kier alpha value is -2.04. The van der Waals surface area contributed by atoms with Gasteiger partial charge in [0.1, 0.15) is 0 Å². The third kappa shape index (κ3) is 3.80. The van der Waals surface area contributed by atoms with Gasteiger partial charge in [0.05, 0.1) is 21.7 Å². The molecule has 6 heteroatoms. The molecule has 1 saturated heterocycles. The molecule has 25 heavy (non-hydrogen) atoms. The number of nitrogens with one attached hydrogen (secondary N) is 1. The molecule has 130 valence electrons. The van der Waals surface area contributed by atoms with Crippen LogP contribution in [0.2, 0.25) is 10.0 Å². The molecule has 0 spiro atoms. The van der Waals surface area contributed by atoms with Crippen molar-refractivity contribution in [1.82, 2.24) is 0 Å². The first kappa shape index (κ1) is 17.8. The first-order valence-electron chi connectivity index (χ1n) is 8.13. The quantitative estimate of drug-likeness (QED) is 0.850. The lowest BCUT2D eigenvalue weighted by atomic mass is 10.1. The molecule has 1 aliphatic rings. The van der Waals surface area contributed by atoms with Crippen LogP contribution in [-0.4, -0.2) is 18.4 Å². The van der Waals surface area contributed by atoms with E-state index in [0.717, 1.165) is 12.1 Å². The summed E-state index contributed by atoms with van der Waals surface area (Å²) in [6, 6.07) is 12.9. The predicted molar refractivity (Wildman–Crippen MR) is 101 cm³/mol. The molecule has 1 heterocycles. The van der Waals surface area contributed by atoms with E-state index < -0.39 is 5.92 Å². The zero-order valence-corrected chi connectivity index (χ0v) is 15.3. The number of hydrogen-bond acceptors (Lipinski definition) is 2. The van der Waals surface area contributed by atoms with Gasteiger partial charge < -0.3 is 10.2 Å². The van der Waals surface area contributed by atoms with Gasteiger partial charge >= 0.3 is 0 Å². The van der Waals surface area contributed by atoms with E-state index in [4.69, 9.17) is 23.2 Å². The first-order chi connectivity index (χ1) is 12.0. The second-order valence-corrected chi connectivity index (χ2v) is 6.80. The fourth-order valence-electron chi connectivity index (χ4n) is 2.88. The second-order valence-electron chi connectivity index (χ2n) is 6.02. The van der Waals surface area contributed by atoms with Crippen molar-refractivity contribution in [2.24, 2.45) is 5.92 Å². The van der Waals surface area contributed by atoms with Gasteiger partial charge in [0, 0.05) is 18.7 Å². The van der Waals surface area contributed by atoms with Crippen molar-refractivity contribution in [1.29, 1.82) is 0 Å². The molecule has 3 rings (SSSR count). The molecule has 2 amide bonds. The lowest BCUT2D eigenvalue weighted by Gasteiger charge is -2.17. The van der Waals surface area contributed by atoms with Crippen molar-refractivity contribution in [3.8, 4) is 0 Å². The van der Waals surface area contributed by atoms with Crippen LogP contribution >= 0.6 is 23.2 Å². The van der Waals surface area contributed by atoms with Crippen LogP contribution in [0.3, 0.4) is 0 Å². The summed E-state index contributed by atoms with van der Waals surface area (Å²) in [5.41, 5.74) is 2.48. The summed E-state index contributed by atoms with van der Waals surface area (Å²) < 4.78 is 0. The highest BCUT2D eigenvalue weighted by Crippen LogP contribution is 2.31. The number of benzene rings is 2. The van der Waals surface area contributed by atoms with Gasteiger partial charge in [-0.2, -0.15) is 0 Å². The molecule has 2 aromatic carbocycles. The Morgan fingerprint density at radius 1 is 1.20 bits per heavy atom. The summed E-state index contributed by atoms with van der Waals surface area (Å²) in [4.78, 5) is 26.5. The molecule has 1 N–H and O–H groups in total. The minimum Gasteiger partial charge on any atom is -0.324 e. The molecule has 0 bridgehead atoms. The molecular weight excluding hydrogens is 359 g/mol. The van der Waals surface area contributed by atoms with Crippen LogP contribution < -0.4 is 10.2 Å². The molecule has 4 nitrogen and oxygen atoms in total. The van der Waals surface area contributed by atoms with Crippen molar-refractivity contribution < 1.29 is 9.59 Å². The summed E-state index contributed by atoms with van der Waals surface area (Å²) in [5, 5.41) is 3.44.